The van der Waals surface area contributed by atoms with Crippen molar-refractivity contribution in [3.63, 3.8) is 0 Å². The van der Waals surface area contributed by atoms with E-state index in [1.807, 2.05) is 0 Å². The van der Waals surface area contributed by atoms with Crippen LogP contribution in [0.3, 0.4) is 0 Å². The Bertz CT molecular complexity index is 1080. The van der Waals surface area contributed by atoms with Crippen molar-refractivity contribution in [2.45, 2.75) is 24.8 Å². The lowest BCUT2D eigenvalue weighted by atomic mass is 10.0. The molecule has 3 rings (SSSR count). The molecule has 1 unspecified atom stereocenters. The highest BCUT2D eigenvalue weighted by molar-refractivity contribution is 6.06. The molecule has 1 atom stereocenters. The summed E-state index contributed by atoms with van der Waals surface area (Å²) < 4.78 is 34.2. The summed E-state index contributed by atoms with van der Waals surface area (Å²) in [5, 5.41) is 4.34. The zero-order chi connectivity index (χ0) is 24.3. The number of hydrogen-bond donors (Lipinski definition) is 2. The second-order valence-corrected chi connectivity index (χ2v) is 7.66. The number of piperidine rings is 1. The largest absolute Gasteiger partial charge is 0.496 e. The van der Waals surface area contributed by atoms with Gasteiger partial charge in [0.25, 0.3) is 11.8 Å². The highest BCUT2D eigenvalue weighted by atomic mass is 19.3. The number of amides is 4. The monoisotopic (exact) mass is 459 g/mol. The van der Waals surface area contributed by atoms with Crippen LogP contribution in [-0.2, 0) is 25.1 Å². The number of nitrogens with zero attached hydrogens (tertiary/aromatic N) is 1. The first-order valence-electron chi connectivity index (χ1n) is 10.1. The summed E-state index contributed by atoms with van der Waals surface area (Å²) in [5.41, 5.74) is 0.267. The Kier molecular flexibility index (Phi) is 6.75. The van der Waals surface area contributed by atoms with Crippen LogP contribution >= 0.6 is 0 Å². The van der Waals surface area contributed by atoms with E-state index >= 15 is 0 Å². The van der Waals surface area contributed by atoms with Gasteiger partial charge in [-0.25, -0.2) is 0 Å². The third kappa shape index (κ3) is 4.84. The van der Waals surface area contributed by atoms with Crippen molar-refractivity contribution >= 4 is 23.6 Å². The molecule has 33 heavy (non-hydrogen) atoms. The van der Waals surface area contributed by atoms with Gasteiger partial charge in [0.2, 0.25) is 11.8 Å². The lowest BCUT2D eigenvalue weighted by molar-refractivity contribution is -0.147. The van der Waals surface area contributed by atoms with Gasteiger partial charge >= 0.3 is 5.92 Å². The molecule has 174 valence electrons. The van der Waals surface area contributed by atoms with E-state index in [9.17, 15) is 28.0 Å². The maximum absolute atomic E-state index is 14.6. The van der Waals surface area contributed by atoms with E-state index < -0.39 is 41.2 Å². The fraction of sp³-hybridized carbons (Fsp3) is 0.304. The van der Waals surface area contributed by atoms with Crippen molar-refractivity contribution in [3.8, 4) is 5.75 Å². The highest BCUT2D eigenvalue weighted by Crippen LogP contribution is 2.35. The molecular formula is C23H23F2N3O5. The van der Waals surface area contributed by atoms with Gasteiger partial charge in [0, 0.05) is 25.1 Å². The maximum atomic E-state index is 14.6. The Morgan fingerprint density at radius 2 is 2.03 bits per heavy atom. The highest BCUT2D eigenvalue weighted by Gasteiger charge is 2.43. The molecule has 0 spiro atoms. The molecule has 0 bridgehead atoms. The van der Waals surface area contributed by atoms with Crippen molar-refractivity contribution in [1.82, 2.24) is 15.5 Å². The van der Waals surface area contributed by atoms with Gasteiger partial charge in [0.05, 0.1) is 12.7 Å². The minimum absolute atomic E-state index is 0.0499. The average Bonchev–Trinajstić information content (AvgIpc) is 3.05. The smallest absolute Gasteiger partial charge is 0.353 e. The first-order chi connectivity index (χ1) is 15.6. The second-order valence-electron chi connectivity index (χ2n) is 7.66. The van der Waals surface area contributed by atoms with Gasteiger partial charge in [-0.05, 0) is 29.7 Å². The predicted molar refractivity (Wildman–Crippen MR) is 114 cm³/mol. The molecule has 8 nitrogen and oxygen atoms in total. The number of alkyl halides is 2. The van der Waals surface area contributed by atoms with Crippen LogP contribution in [0.1, 0.15) is 18.4 Å². The fourth-order valence-corrected chi connectivity index (χ4v) is 3.65. The molecule has 2 saturated heterocycles. The number of nitrogens with one attached hydrogen (secondary N) is 2. The van der Waals surface area contributed by atoms with Gasteiger partial charge in [0.1, 0.15) is 11.8 Å². The normalized spacial score (nSPS) is 20.2. The number of likely N-dealkylation sites (tertiary alicyclic amines) is 1. The van der Waals surface area contributed by atoms with Crippen LogP contribution in [0.5, 0.6) is 5.75 Å². The Hall–Kier alpha value is -3.82. The Morgan fingerprint density at radius 3 is 2.70 bits per heavy atom. The molecule has 0 aliphatic carbocycles. The zero-order valence-corrected chi connectivity index (χ0v) is 18.0. The van der Waals surface area contributed by atoms with E-state index in [0.717, 1.165) is 6.07 Å². The van der Waals surface area contributed by atoms with Crippen molar-refractivity contribution in [2.75, 3.05) is 20.2 Å². The molecule has 2 heterocycles. The van der Waals surface area contributed by atoms with Gasteiger partial charge in [-0.2, -0.15) is 8.78 Å². The summed E-state index contributed by atoms with van der Waals surface area (Å²) in [6, 6.07) is 4.52. The van der Waals surface area contributed by atoms with Crippen LogP contribution in [0.2, 0.25) is 0 Å². The third-order valence-electron chi connectivity index (χ3n) is 5.42. The molecule has 1 aromatic rings. The van der Waals surface area contributed by atoms with E-state index in [4.69, 9.17) is 4.74 Å². The summed E-state index contributed by atoms with van der Waals surface area (Å²) >= 11 is 0. The lowest BCUT2D eigenvalue weighted by Crippen LogP contribution is -2.52. The Labute approximate surface area is 189 Å². The van der Waals surface area contributed by atoms with E-state index in [1.54, 1.807) is 0 Å². The van der Waals surface area contributed by atoms with E-state index in [1.165, 1.54) is 36.3 Å². The van der Waals surface area contributed by atoms with Crippen LogP contribution in [0, 0.1) is 0 Å². The van der Waals surface area contributed by atoms with E-state index in [-0.39, 0.29) is 42.8 Å². The number of carbonyl (C=O) groups is 4. The molecule has 2 fully saturated rings. The molecule has 10 heteroatoms. The maximum Gasteiger partial charge on any atom is 0.353 e. The van der Waals surface area contributed by atoms with Gasteiger partial charge in [-0.15, -0.1) is 0 Å². The molecule has 4 amide bonds. The molecule has 2 aliphatic rings. The molecule has 2 aliphatic heterocycles. The van der Waals surface area contributed by atoms with Gasteiger partial charge in [-0.1, -0.05) is 31.4 Å². The van der Waals surface area contributed by atoms with E-state index in [0.29, 0.717) is 5.57 Å². The van der Waals surface area contributed by atoms with Crippen LogP contribution < -0.4 is 15.4 Å². The van der Waals surface area contributed by atoms with Crippen LogP contribution in [-0.4, -0.2) is 54.8 Å². The Morgan fingerprint density at radius 1 is 1.33 bits per heavy atom. The molecule has 0 radical (unpaired) electrons. The number of methoxy groups -OCH3 is 1. The summed E-state index contributed by atoms with van der Waals surface area (Å²) in [6.07, 6.45) is 1.78. The Balaban J connectivity index is 1.65. The number of rotatable bonds is 7. The molecule has 2 N–H and O–H groups in total. The molecule has 0 saturated carbocycles. The van der Waals surface area contributed by atoms with Crippen molar-refractivity contribution in [2.24, 2.45) is 0 Å². The summed E-state index contributed by atoms with van der Waals surface area (Å²) in [5.74, 6) is -6.90. The van der Waals surface area contributed by atoms with Crippen molar-refractivity contribution < 1.29 is 32.7 Å². The SMILES string of the molecule is C=C(/C=C1/CN(C2CCC(=O)NC2=O)C(=O)C1=C)CNC(=O)C(F)(F)c1ccccc1OC. The number of carbonyl (C=O) groups excluding carboxylic acids is 4. The predicted octanol–water partition coefficient (Wildman–Crippen LogP) is 1.59. The third-order valence-corrected chi connectivity index (χ3v) is 5.42. The van der Waals surface area contributed by atoms with Gasteiger partial charge in [-0.3, -0.25) is 24.5 Å². The molecule has 1 aromatic carbocycles. The summed E-state index contributed by atoms with van der Waals surface area (Å²) in [6.45, 7) is 7.22. The molecule has 0 aromatic heterocycles. The second kappa shape index (κ2) is 9.35. The lowest BCUT2D eigenvalue weighted by Gasteiger charge is -2.28. The van der Waals surface area contributed by atoms with Crippen LogP contribution in [0.15, 0.2) is 60.2 Å². The summed E-state index contributed by atoms with van der Waals surface area (Å²) in [4.78, 5) is 49.5. The quantitative estimate of drug-likeness (QED) is 0.476. The summed E-state index contributed by atoms with van der Waals surface area (Å²) in [7, 11) is 1.23. The van der Waals surface area contributed by atoms with Gasteiger partial charge < -0.3 is 15.0 Å². The first-order valence-corrected chi connectivity index (χ1v) is 10.1. The fourth-order valence-electron chi connectivity index (χ4n) is 3.65. The first kappa shape index (κ1) is 23.8. The minimum Gasteiger partial charge on any atom is -0.496 e. The standard InChI is InChI=1S/C23H23F2N3O5/c1-13(11-26-22(32)23(24,25)16-6-4-5-7-18(16)33-3)10-15-12-28(21(31)14(15)2)17-8-9-19(29)27-20(17)30/h4-7,10,17H,1-2,8-9,11-12H2,3H3,(H,26,32)(H,27,29,30)/b15-10-. The number of ether oxygens (including phenoxy) is 1. The topological polar surface area (TPSA) is 105 Å². The minimum atomic E-state index is -3.84. The van der Waals surface area contributed by atoms with Crippen LogP contribution in [0.25, 0.3) is 0 Å². The number of benzene rings is 1. The molecular weight excluding hydrogens is 436 g/mol. The number of halogens is 2. The zero-order valence-electron chi connectivity index (χ0n) is 18.0. The average molecular weight is 459 g/mol. The number of hydrogen-bond acceptors (Lipinski definition) is 5. The van der Waals surface area contributed by atoms with Crippen LogP contribution in [0.4, 0.5) is 8.78 Å². The van der Waals surface area contributed by atoms with Gasteiger partial charge in [0.15, 0.2) is 0 Å². The van der Waals surface area contributed by atoms with Crippen molar-refractivity contribution in [3.05, 3.63) is 65.8 Å². The number of imide groups is 1. The van der Waals surface area contributed by atoms with Crippen molar-refractivity contribution in [1.29, 1.82) is 0 Å². The number of para-hydroxylation sites is 1. The van der Waals surface area contributed by atoms with E-state index in [2.05, 4.69) is 23.8 Å².